The number of hydrogen-bond acceptors (Lipinski definition) is 3. The normalized spacial score (nSPS) is 10.0. The fourth-order valence-corrected chi connectivity index (χ4v) is 0.939. The van der Waals surface area contributed by atoms with Gasteiger partial charge in [-0.05, 0) is 0 Å². The van der Waals surface area contributed by atoms with Crippen molar-refractivity contribution in [3.8, 4) is 11.3 Å². The van der Waals surface area contributed by atoms with Crippen molar-refractivity contribution in [2.45, 2.75) is 0 Å². The van der Waals surface area contributed by atoms with Crippen LogP contribution in [0.15, 0.2) is 29.8 Å². The zero-order chi connectivity index (χ0) is 8.39. The number of hydrogen-bond donors (Lipinski definition) is 2. The Balaban J connectivity index is 2.63. The predicted molar refractivity (Wildman–Crippen MR) is 42.4 cm³/mol. The van der Waals surface area contributed by atoms with Gasteiger partial charge in [-0.1, -0.05) is 0 Å². The van der Waals surface area contributed by atoms with E-state index in [1.807, 2.05) is 0 Å². The smallest absolute Gasteiger partial charge is 0.260 e. The van der Waals surface area contributed by atoms with Crippen molar-refractivity contribution in [2.75, 3.05) is 0 Å². The summed E-state index contributed by atoms with van der Waals surface area (Å²) in [5, 5.41) is 0. The van der Waals surface area contributed by atoms with Crippen LogP contribution in [0.5, 0.6) is 0 Å². The van der Waals surface area contributed by atoms with Crippen LogP contribution in [0, 0.1) is 0 Å². The fourth-order valence-electron chi connectivity index (χ4n) is 0.939. The molecule has 0 spiro atoms. The molecule has 0 saturated heterocycles. The molecule has 0 aromatic carbocycles. The Morgan fingerprint density at radius 1 is 1.08 bits per heavy atom. The third kappa shape index (κ3) is 1.01. The van der Waals surface area contributed by atoms with E-state index in [-0.39, 0.29) is 5.56 Å². The first-order valence-corrected chi connectivity index (χ1v) is 3.39. The Labute approximate surface area is 67.5 Å². The van der Waals surface area contributed by atoms with Crippen molar-refractivity contribution in [1.82, 2.24) is 19.9 Å². The van der Waals surface area contributed by atoms with Gasteiger partial charge in [0.2, 0.25) is 0 Å². The number of nitrogens with one attached hydrogen (secondary N) is 2. The number of imidazole rings is 1. The highest BCUT2D eigenvalue weighted by molar-refractivity contribution is 5.54. The highest BCUT2D eigenvalue weighted by Gasteiger charge is 2.02. The molecule has 0 unspecified atom stereocenters. The average molecular weight is 162 g/mol. The van der Waals surface area contributed by atoms with Crippen molar-refractivity contribution >= 4 is 0 Å². The van der Waals surface area contributed by atoms with Gasteiger partial charge in [0.05, 0.1) is 30.1 Å². The van der Waals surface area contributed by atoms with Crippen molar-refractivity contribution in [3.63, 3.8) is 0 Å². The second kappa shape index (κ2) is 2.61. The third-order valence-electron chi connectivity index (χ3n) is 1.51. The molecule has 0 aliphatic carbocycles. The maximum atomic E-state index is 11.2. The molecule has 0 atom stereocenters. The van der Waals surface area contributed by atoms with E-state index in [9.17, 15) is 4.79 Å². The summed E-state index contributed by atoms with van der Waals surface area (Å²) in [5.74, 6) is 0. The fraction of sp³-hybridized carbons (Fsp3) is 0. The molecule has 0 fully saturated rings. The average Bonchev–Trinajstić information content (AvgIpc) is 2.57. The highest BCUT2D eigenvalue weighted by atomic mass is 16.1. The summed E-state index contributed by atoms with van der Waals surface area (Å²) in [6, 6.07) is 0. The monoisotopic (exact) mass is 162 g/mol. The second-order valence-electron chi connectivity index (χ2n) is 2.26. The van der Waals surface area contributed by atoms with E-state index in [1.54, 1.807) is 6.20 Å². The molecule has 12 heavy (non-hydrogen) atoms. The number of rotatable bonds is 1. The van der Waals surface area contributed by atoms with Crippen LogP contribution in [0.2, 0.25) is 0 Å². The van der Waals surface area contributed by atoms with Crippen molar-refractivity contribution in [2.24, 2.45) is 0 Å². The van der Waals surface area contributed by atoms with Crippen LogP contribution in [0.25, 0.3) is 11.3 Å². The SMILES string of the molecule is O=c1[nH]cncc1-c1cnc[nH]1. The van der Waals surface area contributed by atoms with E-state index >= 15 is 0 Å². The van der Waals surface area contributed by atoms with Crippen molar-refractivity contribution in [3.05, 3.63) is 35.4 Å². The zero-order valence-electron chi connectivity index (χ0n) is 6.11. The van der Waals surface area contributed by atoms with Crippen LogP contribution in [0.3, 0.4) is 0 Å². The molecule has 0 saturated carbocycles. The number of aromatic amines is 2. The van der Waals surface area contributed by atoms with Crippen LogP contribution in [-0.4, -0.2) is 19.9 Å². The largest absolute Gasteiger partial charge is 0.344 e. The van der Waals surface area contributed by atoms with E-state index in [0.717, 1.165) is 0 Å². The lowest BCUT2D eigenvalue weighted by atomic mass is 10.3. The number of nitrogens with zero attached hydrogens (tertiary/aromatic N) is 2. The zero-order valence-corrected chi connectivity index (χ0v) is 6.11. The summed E-state index contributed by atoms with van der Waals surface area (Å²) >= 11 is 0. The summed E-state index contributed by atoms with van der Waals surface area (Å²) in [4.78, 5) is 24.1. The Hall–Kier alpha value is -1.91. The maximum absolute atomic E-state index is 11.2. The van der Waals surface area contributed by atoms with E-state index in [0.29, 0.717) is 11.3 Å². The van der Waals surface area contributed by atoms with Crippen LogP contribution < -0.4 is 5.56 Å². The van der Waals surface area contributed by atoms with E-state index in [2.05, 4.69) is 19.9 Å². The van der Waals surface area contributed by atoms with Gasteiger partial charge in [-0.25, -0.2) is 9.97 Å². The van der Waals surface area contributed by atoms with Gasteiger partial charge in [-0.15, -0.1) is 0 Å². The van der Waals surface area contributed by atoms with Gasteiger partial charge in [-0.3, -0.25) is 4.79 Å². The van der Waals surface area contributed by atoms with Crippen molar-refractivity contribution in [1.29, 1.82) is 0 Å². The predicted octanol–water partition coefficient (Wildman–Crippen LogP) is 0.160. The highest BCUT2D eigenvalue weighted by Crippen LogP contribution is 2.06. The topological polar surface area (TPSA) is 74.4 Å². The minimum Gasteiger partial charge on any atom is -0.344 e. The lowest BCUT2D eigenvalue weighted by Crippen LogP contribution is -2.08. The summed E-state index contributed by atoms with van der Waals surface area (Å²) in [6.07, 6.45) is 5.93. The molecule has 2 heterocycles. The quantitative estimate of drug-likeness (QED) is 0.627. The molecule has 5 heteroatoms. The van der Waals surface area contributed by atoms with E-state index in [4.69, 9.17) is 0 Å². The van der Waals surface area contributed by atoms with Gasteiger partial charge in [0.15, 0.2) is 0 Å². The molecule has 0 aliphatic rings. The van der Waals surface area contributed by atoms with Gasteiger partial charge in [0.1, 0.15) is 0 Å². The summed E-state index contributed by atoms with van der Waals surface area (Å²) < 4.78 is 0. The van der Waals surface area contributed by atoms with Crippen LogP contribution in [-0.2, 0) is 0 Å². The van der Waals surface area contributed by atoms with E-state index < -0.39 is 0 Å². The molecule has 2 aromatic rings. The van der Waals surface area contributed by atoms with Gasteiger partial charge in [0.25, 0.3) is 5.56 Å². The van der Waals surface area contributed by atoms with Gasteiger partial charge >= 0.3 is 0 Å². The standard InChI is InChI=1S/C7H6N4O/c12-7-5(1-8-4-11-7)6-2-9-3-10-6/h1-4H,(H,9,10)(H,8,11,12). The Bertz CT molecular complexity index is 417. The minimum atomic E-state index is -0.172. The molecule has 0 radical (unpaired) electrons. The minimum absolute atomic E-state index is 0.172. The molecule has 0 aliphatic heterocycles. The first-order valence-electron chi connectivity index (χ1n) is 3.39. The third-order valence-corrected chi connectivity index (χ3v) is 1.51. The molecule has 0 bridgehead atoms. The van der Waals surface area contributed by atoms with Crippen LogP contribution >= 0.6 is 0 Å². The lowest BCUT2D eigenvalue weighted by molar-refractivity contribution is 1.12. The Kier molecular flexibility index (Phi) is 1.48. The molecule has 2 N–H and O–H groups in total. The molecule has 0 amide bonds. The van der Waals surface area contributed by atoms with Crippen LogP contribution in [0.1, 0.15) is 0 Å². The van der Waals surface area contributed by atoms with E-state index in [1.165, 1.54) is 18.9 Å². The Morgan fingerprint density at radius 2 is 1.83 bits per heavy atom. The molecule has 5 nitrogen and oxygen atoms in total. The molecule has 2 rings (SSSR count). The number of aromatic nitrogens is 4. The van der Waals surface area contributed by atoms with Gasteiger partial charge in [-0.2, -0.15) is 0 Å². The molecular weight excluding hydrogens is 156 g/mol. The maximum Gasteiger partial charge on any atom is 0.260 e. The summed E-state index contributed by atoms with van der Waals surface area (Å²) in [6.45, 7) is 0. The lowest BCUT2D eigenvalue weighted by Gasteiger charge is -1.91. The first-order chi connectivity index (χ1) is 5.88. The second-order valence-corrected chi connectivity index (χ2v) is 2.26. The summed E-state index contributed by atoms with van der Waals surface area (Å²) in [5.41, 5.74) is 0.994. The molecule has 2 aromatic heterocycles. The number of H-pyrrole nitrogens is 2. The van der Waals surface area contributed by atoms with Gasteiger partial charge < -0.3 is 9.97 Å². The summed E-state index contributed by atoms with van der Waals surface area (Å²) in [7, 11) is 0. The first kappa shape index (κ1) is 6.78. The van der Waals surface area contributed by atoms with Crippen LogP contribution in [0.4, 0.5) is 0 Å². The molecule has 60 valence electrons. The van der Waals surface area contributed by atoms with Gasteiger partial charge in [0, 0.05) is 6.20 Å². The van der Waals surface area contributed by atoms with Crippen molar-refractivity contribution < 1.29 is 0 Å². The molecular formula is C7H6N4O. The Morgan fingerprint density at radius 3 is 2.50 bits per heavy atom.